The van der Waals surface area contributed by atoms with E-state index >= 15 is 0 Å². The molecular weight excluding hydrogens is 316 g/mol. The first-order valence-electron chi connectivity index (χ1n) is 7.70. The summed E-state index contributed by atoms with van der Waals surface area (Å²) in [5.41, 5.74) is -0.414. The number of hydrogen-bond donors (Lipinski definition) is 2. The number of nitrogens with zero attached hydrogens (tertiary/aromatic N) is 1. The van der Waals surface area contributed by atoms with Gasteiger partial charge in [0.15, 0.2) is 0 Å². The molecule has 0 spiro atoms. The summed E-state index contributed by atoms with van der Waals surface area (Å²) in [6.45, 7) is 6.54. The zero-order chi connectivity index (χ0) is 17.9. The Labute approximate surface area is 139 Å². The van der Waals surface area contributed by atoms with Gasteiger partial charge < -0.3 is 19.9 Å². The zero-order valence-corrected chi connectivity index (χ0v) is 13.9. The molecule has 8 heteroatoms. The lowest BCUT2D eigenvalue weighted by Crippen LogP contribution is -2.36. The first-order valence-corrected chi connectivity index (χ1v) is 7.70. The van der Waals surface area contributed by atoms with E-state index in [0.717, 1.165) is 6.42 Å². The molecule has 2 N–H and O–H groups in total. The Morgan fingerprint density at radius 3 is 2.71 bits per heavy atom. The monoisotopic (exact) mass is 338 g/mol. The average Bonchev–Trinajstić information content (AvgIpc) is 2.96. The summed E-state index contributed by atoms with van der Waals surface area (Å²) < 4.78 is 11.0. The molecule has 1 fully saturated rings. The van der Waals surface area contributed by atoms with Gasteiger partial charge in [0.1, 0.15) is 11.9 Å². The predicted octanol–water partition coefficient (Wildman–Crippen LogP) is 3.12. The summed E-state index contributed by atoms with van der Waals surface area (Å²) in [6.07, 6.45) is -0.581. The van der Waals surface area contributed by atoms with E-state index in [1.165, 1.54) is 12.1 Å². The van der Waals surface area contributed by atoms with Crippen molar-refractivity contribution in [2.24, 2.45) is 5.41 Å². The Hall–Kier alpha value is -2.35. The van der Waals surface area contributed by atoms with Crippen molar-refractivity contribution in [1.29, 1.82) is 0 Å². The van der Waals surface area contributed by atoms with Gasteiger partial charge in [0.25, 0.3) is 5.69 Å². The Bertz CT molecular complexity index is 619. The molecule has 2 rings (SSSR count). The molecule has 1 aliphatic rings. The maximum absolute atomic E-state index is 11.4. The van der Waals surface area contributed by atoms with Crippen LogP contribution in [0.1, 0.15) is 38.8 Å². The van der Waals surface area contributed by atoms with Crippen LogP contribution >= 0.6 is 0 Å². The normalized spacial score (nSPS) is 18.9. The summed E-state index contributed by atoms with van der Waals surface area (Å²) >= 11 is 0. The third-order valence-corrected chi connectivity index (χ3v) is 3.83. The van der Waals surface area contributed by atoms with Crippen LogP contribution in [0, 0.1) is 15.5 Å². The van der Waals surface area contributed by atoms with E-state index in [0.29, 0.717) is 19.0 Å². The van der Waals surface area contributed by atoms with Crippen molar-refractivity contribution in [2.45, 2.75) is 39.3 Å². The number of benzene rings is 1. The third-order valence-electron chi connectivity index (χ3n) is 3.83. The molecule has 0 saturated carbocycles. The Morgan fingerprint density at radius 2 is 2.21 bits per heavy atom. The van der Waals surface area contributed by atoms with Gasteiger partial charge in [-0.05, 0) is 17.5 Å². The van der Waals surface area contributed by atoms with Crippen LogP contribution in [0.4, 0.5) is 10.5 Å². The van der Waals surface area contributed by atoms with Gasteiger partial charge in [0.2, 0.25) is 0 Å². The number of rotatable bonds is 5. The molecule has 1 saturated heterocycles. The third kappa shape index (κ3) is 4.35. The molecule has 24 heavy (non-hydrogen) atoms. The smallest absolute Gasteiger partial charge is 0.405 e. The Kier molecular flexibility index (Phi) is 5.28. The standard InChI is InChI=1S/C16H22N2O6/c1-16(2,3)14(17-15(19)20)12-8-10(4-5-13(12)18(21)22)24-11-6-7-23-9-11/h4-5,8,11,14,17H,6-7,9H2,1-3H3,(H,19,20). The molecule has 8 nitrogen and oxygen atoms in total. The zero-order valence-electron chi connectivity index (χ0n) is 13.9. The average molecular weight is 338 g/mol. The molecular formula is C16H22N2O6. The van der Waals surface area contributed by atoms with Crippen LogP contribution in [0.3, 0.4) is 0 Å². The van der Waals surface area contributed by atoms with Crippen molar-refractivity contribution in [3.05, 3.63) is 33.9 Å². The molecule has 0 aromatic heterocycles. The highest BCUT2D eigenvalue weighted by molar-refractivity contribution is 5.66. The summed E-state index contributed by atoms with van der Waals surface area (Å²) in [5.74, 6) is 0.465. The van der Waals surface area contributed by atoms with Gasteiger partial charge in [-0.2, -0.15) is 0 Å². The summed E-state index contributed by atoms with van der Waals surface area (Å²) in [7, 11) is 0. The molecule has 1 aromatic carbocycles. The van der Waals surface area contributed by atoms with Gasteiger partial charge >= 0.3 is 6.09 Å². The van der Waals surface area contributed by atoms with Crippen LogP contribution in [0.5, 0.6) is 5.75 Å². The highest BCUT2D eigenvalue weighted by Gasteiger charge is 2.34. The molecule has 0 aliphatic carbocycles. The molecule has 1 aliphatic heterocycles. The van der Waals surface area contributed by atoms with Crippen LogP contribution in [-0.2, 0) is 4.74 Å². The highest BCUT2D eigenvalue weighted by atomic mass is 16.6. The topological polar surface area (TPSA) is 111 Å². The molecule has 0 bridgehead atoms. The number of ether oxygens (including phenoxy) is 2. The predicted molar refractivity (Wildman–Crippen MR) is 86.3 cm³/mol. The number of carboxylic acid groups (broad SMARTS) is 1. The molecule has 0 radical (unpaired) electrons. The molecule has 132 valence electrons. The molecule has 2 unspecified atom stereocenters. The van der Waals surface area contributed by atoms with E-state index in [2.05, 4.69) is 5.32 Å². The van der Waals surface area contributed by atoms with Crippen LogP contribution in [0.15, 0.2) is 18.2 Å². The van der Waals surface area contributed by atoms with E-state index in [4.69, 9.17) is 14.6 Å². The van der Waals surface area contributed by atoms with E-state index in [1.54, 1.807) is 6.07 Å². The number of nitro benzene ring substituents is 1. The lowest BCUT2D eigenvalue weighted by atomic mass is 9.81. The number of amides is 1. The second kappa shape index (κ2) is 7.04. The minimum Gasteiger partial charge on any atom is -0.488 e. The molecule has 1 aromatic rings. The van der Waals surface area contributed by atoms with E-state index in [9.17, 15) is 14.9 Å². The van der Waals surface area contributed by atoms with Gasteiger partial charge in [-0.15, -0.1) is 0 Å². The van der Waals surface area contributed by atoms with Crippen LogP contribution < -0.4 is 10.1 Å². The van der Waals surface area contributed by atoms with Crippen molar-refractivity contribution in [2.75, 3.05) is 13.2 Å². The largest absolute Gasteiger partial charge is 0.488 e. The lowest BCUT2D eigenvalue weighted by molar-refractivity contribution is -0.386. The molecule has 1 amide bonds. The summed E-state index contributed by atoms with van der Waals surface area (Å²) in [5, 5.41) is 22.9. The van der Waals surface area contributed by atoms with Crippen molar-refractivity contribution in [1.82, 2.24) is 5.32 Å². The highest BCUT2D eigenvalue weighted by Crippen LogP contribution is 2.39. The second-order valence-corrected chi connectivity index (χ2v) is 6.83. The van der Waals surface area contributed by atoms with Crippen LogP contribution in [0.25, 0.3) is 0 Å². The number of carbonyl (C=O) groups is 1. The van der Waals surface area contributed by atoms with E-state index in [-0.39, 0.29) is 17.4 Å². The minimum absolute atomic E-state index is 0.0974. The fourth-order valence-corrected chi connectivity index (χ4v) is 2.69. The molecule has 2 atom stereocenters. The number of nitrogens with one attached hydrogen (secondary N) is 1. The fraction of sp³-hybridized carbons (Fsp3) is 0.562. The van der Waals surface area contributed by atoms with Crippen LogP contribution in [0.2, 0.25) is 0 Å². The van der Waals surface area contributed by atoms with Crippen molar-refractivity contribution < 1.29 is 24.3 Å². The van der Waals surface area contributed by atoms with Gasteiger partial charge in [-0.25, -0.2) is 4.79 Å². The SMILES string of the molecule is CC(C)(C)C(NC(=O)O)c1cc(OC2CCOC2)ccc1[N+](=O)[O-]. The van der Waals surface area contributed by atoms with Gasteiger partial charge in [0, 0.05) is 12.5 Å². The number of hydrogen-bond acceptors (Lipinski definition) is 5. The summed E-state index contributed by atoms with van der Waals surface area (Å²) in [6, 6.07) is 3.67. The minimum atomic E-state index is -1.24. The summed E-state index contributed by atoms with van der Waals surface area (Å²) in [4.78, 5) is 22.0. The van der Waals surface area contributed by atoms with Crippen molar-refractivity contribution in [3.63, 3.8) is 0 Å². The van der Waals surface area contributed by atoms with Gasteiger partial charge in [0.05, 0.1) is 29.7 Å². The van der Waals surface area contributed by atoms with Crippen molar-refractivity contribution >= 4 is 11.8 Å². The van der Waals surface area contributed by atoms with Gasteiger partial charge in [-0.1, -0.05) is 20.8 Å². The Balaban J connectivity index is 2.41. The van der Waals surface area contributed by atoms with E-state index in [1.807, 2.05) is 20.8 Å². The lowest BCUT2D eigenvalue weighted by Gasteiger charge is -2.30. The first kappa shape index (κ1) is 18.0. The Morgan fingerprint density at radius 1 is 1.50 bits per heavy atom. The fourth-order valence-electron chi connectivity index (χ4n) is 2.69. The van der Waals surface area contributed by atoms with Crippen LogP contribution in [-0.4, -0.2) is 35.4 Å². The quantitative estimate of drug-likeness (QED) is 0.630. The first-order chi connectivity index (χ1) is 11.2. The van der Waals surface area contributed by atoms with Gasteiger partial charge in [-0.3, -0.25) is 10.1 Å². The second-order valence-electron chi connectivity index (χ2n) is 6.83. The van der Waals surface area contributed by atoms with E-state index < -0.39 is 22.5 Å². The maximum atomic E-state index is 11.4. The molecule has 1 heterocycles. The van der Waals surface area contributed by atoms with Crippen molar-refractivity contribution in [3.8, 4) is 5.75 Å². The maximum Gasteiger partial charge on any atom is 0.405 e. The number of nitro groups is 1.